The lowest BCUT2D eigenvalue weighted by molar-refractivity contribution is -0.121. The van der Waals surface area contributed by atoms with E-state index in [4.69, 9.17) is 9.72 Å². The van der Waals surface area contributed by atoms with Crippen LogP contribution in [0.1, 0.15) is 44.0 Å². The van der Waals surface area contributed by atoms with Crippen molar-refractivity contribution in [3.8, 4) is 5.75 Å². The van der Waals surface area contributed by atoms with E-state index in [9.17, 15) is 14.4 Å². The first-order valence-corrected chi connectivity index (χ1v) is 12.8. The average Bonchev–Trinajstić information content (AvgIpc) is 3.43. The molecule has 1 aliphatic rings. The number of aromatic nitrogens is 1. The van der Waals surface area contributed by atoms with Crippen LogP contribution in [0.2, 0.25) is 0 Å². The summed E-state index contributed by atoms with van der Waals surface area (Å²) in [5, 5.41) is 0.601. The second-order valence-electron chi connectivity index (χ2n) is 8.22. The Labute approximate surface area is 221 Å². The van der Waals surface area contributed by atoms with Gasteiger partial charge >= 0.3 is 0 Å². The van der Waals surface area contributed by atoms with Crippen LogP contribution in [0.5, 0.6) is 5.75 Å². The van der Waals surface area contributed by atoms with Crippen LogP contribution in [0.25, 0.3) is 10.2 Å². The summed E-state index contributed by atoms with van der Waals surface area (Å²) in [6.07, 6.45) is 0.394. The lowest BCUT2D eigenvalue weighted by Gasteiger charge is -2.25. The van der Waals surface area contributed by atoms with Crippen molar-refractivity contribution < 1.29 is 19.1 Å². The number of fused-ring (bicyclic) bond motifs is 1. The van der Waals surface area contributed by atoms with Crippen LogP contribution < -0.4 is 14.5 Å². The predicted molar refractivity (Wildman–Crippen MR) is 146 cm³/mol. The maximum atomic E-state index is 13.8. The van der Waals surface area contributed by atoms with E-state index >= 15 is 0 Å². The maximum absolute atomic E-state index is 13.8. The molecule has 2 heterocycles. The molecule has 1 aromatic heterocycles. The molecule has 2 aromatic carbocycles. The third-order valence-corrected chi connectivity index (χ3v) is 7.11. The van der Waals surface area contributed by atoms with Crippen LogP contribution in [-0.2, 0) is 9.59 Å². The van der Waals surface area contributed by atoms with Gasteiger partial charge in [0.2, 0.25) is 11.8 Å². The first kappa shape index (κ1) is 27.6. The van der Waals surface area contributed by atoms with Crippen LogP contribution in [0, 0.1) is 0 Å². The third kappa shape index (κ3) is 5.86. The van der Waals surface area contributed by atoms with Crippen molar-refractivity contribution in [2.75, 3.05) is 42.6 Å². The number of halogens is 1. The summed E-state index contributed by atoms with van der Waals surface area (Å²) in [6, 6.07) is 12.4. The lowest BCUT2D eigenvalue weighted by atomic mass is 10.1. The number of hydrogen-bond donors (Lipinski definition) is 0. The van der Waals surface area contributed by atoms with Crippen molar-refractivity contribution in [2.45, 2.75) is 33.6 Å². The van der Waals surface area contributed by atoms with Gasteiger partial charge in [0.05, 0.1) is 22.5 Å². The Morgan fingerprint density at radius 3 is 2.42 bits per heavy atom. The molecule has 0 atom stereocenters. The van der Waals surface area contributed by atoms with E-state index in [2.05, 4.69) is 18.7 Å². The minimum absolute atomic E-state index is 0. The van der Waals surface area contributed by atoms with Crippen LogP contribution in [0.15, 0.2) is 42.5 Å². The Morgan fingerprint density at radius 1 is 1.03 bits per heavy atom. The van der Waals surface area contributed by atoms with E-state index in [0.717, 1.165) is 29.1 Å². The van der Waals surface area contributed by atoms with Crippen molar-refractivity contribution in [1.82, 2.24) is 9.88 Å². The van der Waals surface area contributed by atoms with Gasteiger partial charge in [-0.2, -0.15) is 0 Å². The minimum Gasteiger partial charge on any atom is -0.494 e. The van der Waals surface area contributed by atoms with Crippen LogP contribution >= 0.6 is 23.7 Å². The van der Waals surface area contributed by atoms with Gasteiger partial charge in [-0.1, -0.05) is 31.3 Å². The molecule has 1 fully saturated rings. The normalized spacial score (nSPS) is 13.4. The number of nitrogens with zero attached hydrogens (tertiary/aromatic N) is 4. The van der Waals surface area contributed by atoms with E-state index in [-0.39, 0.29) is 43.0 Å². The standard InChI is InChI=1S/C26H30N4O4S.ClH/c1-4-28(5-2)14-15-29(26-27-21-11-10-20(34-6-3)17-22(21)35-26)25(33)18-8-7-9-19(16-18)30-23(31)12-13-24(30)32;/h7-11,16-17H,4-6,12-15H2,1-3H3;1H. The predicted octanol–water partition coefficient (Wildman–Crippen LogP) is 4.76. The van der Waals surface area contributed by atoms with E-state index < -0.39 is 0 Å². The van der Waals surface area contributed by atoms with Gasteiger partial charge < -0.3 is 9.64 Å². The Kier molecular flexibility index (Phi) is 9.42. The number of amides is 3. The number of likely N-dealkylation sites (N-methyl/N-ethyl adjacent to an activating group) is 1. The number of hydrogen-bond acceptors (Lipinski definition) is 7. The molecule has 0 bridgehead atoms. The summed E-state index contributed by atoms with van der Waals surface area (Å²) in [7, 11) is 0. The number of anilines is 2. The van der Waals surface area contributed by atoms with Gasteiger partial charge in [-0.15, -0.1) is 12.4 Å². The molecule has 1 aliphatic heterocycles. The van der Waals surface area contributed by atoms with Crippen molar-refractivity contribution >= 4 is 62.5 Å². The van der Waals surface area contributed by atoms with Gasteiger partial charge in [0.15, 0.2) is 5.13 Å². The Balaban J connectivity index is 0.00000361. The highest BCUT2D eigenvalue weighted by Gasteiger charge is 2.31. The molecule has 1 saturated heterocycles. The first-order valence-electron chi connectivity index (χ1n) is 12.0. The number of carbonyl (C=O) groups is 3. The summed E-state index contributed by atoms with van der Waals surface area (Å²) in [5.74, 6) is 0.0644. The van der Waals surface area contributed by atoms with Gasteiger partial charge in [-0.3, -0.25) is 24.2 Å². The first-order chi connectivity index (χ1) is 16.9. The SMILES string of the molecule is CCOc1ccc2nc(N(CCN(CC)CC)C(=O)c3cccc(N4C(=O)CCC4=O)c3)sc2c1.Cl. The lowest BCUT2D eigenvalue weighted by Crippen LogP contribution is -2.39. The minimum atomic E-state index is -0.241. The number of ether oxygens (including phenoxy) is 1. The molecular weight excluding hydrogens is 500 g/mol. The zero-order valence-electron chi connectivity index (χ0n) is 20.7. The molecule has 0 N–H and O–H groups in total. The highest BCUT2D eigenvalue weighted by molar-refractivity contribution is 7.22. The van der Waals surface area contributed by atoms with E-state index in [1.54, 1.807) is 29.2 Å². The molecule has 3 aromatic rings. The molecule has 8 nitrogen and oxygen atoms in total. The molecule has 0 aliphatic carbocycles. The molecule has 0 saturated carbocycles. The second-order valence-corrected chi connectivity index (χ2v) is 9.22. The maximum Gasteiger partial charge on any atom is 0.260 e. The number of benzene rings is 2. The Hall–Kier alpha value is -3.01. The van der Waals surface area contributed by atoms with Crippen LogP contribution in [-0.4, -0.2) is 60.4 Å². The van der Waals surface area contributed by atoms with Crippen molar-refractivity contribution in [1.29, 1.82) is 0 Å². The Bertz CT molecular complexity index is 1230. The van der Waals surface area contributed by atoms with Gasteiger partial charge in [0, 0.05) is 31.5 Å². The van der Waals surface area contributed by atoms with Crippen LogP contribution in [0.3, 0.4) is 0 Å². The monoisotopic (exact) mass is 530 g/mol. The van der Waals surface area contributed by atoms with Gasteiger partial charge in [0.1, 0.15) is 5.75 Å². The zero-order valence-corrected chi connectivity index (χ0v) is 22.4. The summed E-state index contributed by atoms with van der Waals surface area (Å²) < 4.78 is 6.56. The average molecular weight is 531 g/mol. The molecular formula is C26H31ClN4O4S. The summed E-state index contributed by atoms with van der Waals surface area (Å²) >= 11 is 1.44. The third-order valence-electron chi connectivity index (χ3n) is 6.07. The quantitative estimate of drug-likeness (QED) is 0.351. The van der Waals surface area contributed by atoms with Crippen LogP contribution in [0.4, 0.5) is 10.8 Å². The summed E-state index contributed by atoms with van der Waals surface area (Å²) in [5.41, 5.74) is 1.64. The fourth-order valence-electron chi connectivity index (χ4n) is 4.13. The molecule has 10 heteroatoms. The topological polar surface area (TPSA) is 83.1 Å². The van der Waals surface area contributed by atoms with E-state index in [0.29, 0.717) is 36.1 Å². The molecule has 0 unspecified atom stereocenters. The number of rotatable bonds is 10. The van der Waals surface area contributed by atoms with Crippen molar-refractivity contribution in [3.05, 3.63) is 48.0 Å². The fourth-order valence-corrected chi connectivity index (χ4v) is 5.15. The highest BCUT2D eigenvalue weighted by Crippen LogP contribution is 2.33. The molecule has 0 radical (unpaired) electrons. The van der Waals surface area contributed by atoms with Crippen molar-refractivity contribution in [2.24, 2.45) is 0 Å². The Morgan fingerprint density at radius 2 is 1.75 bits per heavy atom. The van der Waals surface area contributed by atoms with E-state index in [1.165, 1.54) is 16.2 Å². The summed E-state index contributed by atoms with van der Waals surface area (Å²) in [4.78, 5) is 48.1. The van der Waals surface area contributed by atoms with E-state index in [1.807, 2.05) is 25.1 Å². The van der Waals surface area contributed by atoms with Gasteiger partial charge in [0.25, 0.3) is 5.91 Å². The second kappa shape index (κ2) is 12.3. The largest absolute Gasteiger partial charge is 0.494 e. The molecule has 3 amide bonds. The summed E-state index contributed by atoms with van der Waals surface area (Å²) in [6.45, 7) is 9.62. The van der Waals surface area contributed by atoms with Gasteiger partial charge in [-0.25, -0.2) is 4.98 Å². The number of imide groups is 1. The molecule has 0 spiro atoms. The fraction of sp³-hybridized carbons (Fsp3) is 0.385. The van der Waals surface area contributed by atoms with Gasteiger partial charge in [-0.05, 0) is 56.4 Å². The van der Waals surface area contributed by atoms with Crippen molar-refractivity contribution in [3.63, 3.8) is 0 Å². The number of carbonyl (C=O) groups excluding carboxylic acids is 3. The molecule has 36 heavy (non-hydrogen) atoms. The molecule has 192 valence electrons. The molecule has 4 rings (SSSR count). The zero-order chi connectivity index (χ0) is 24.9. The smallest absolute Gasteiger partial charge is 0.260 e. The highest BCUT2D eigenvalue weighted by atomic mass is 35.5. The number of thiazole rings is 1.